The maximum absolute atomic E-state index is 10.6. The summed E-state index contributed by atoms with van der Waals surface area (Å²) in [6, 6.07) is 0. The molecule has 0 heterocycles. The van der Waals surface area contributed by atoms with Gasteiger partial charge in [-0.3, -0.25) is 0 Å². The van der Waals surface area contributed by atoms with Crippen molar-refractivity contribution >= 4 is 5.87 Å². The van der Waals surface area contributed by atoms with Crippen LogP contribution in [0.2, 0.25) is 5.86 Å². The Kier molecular flexibility index (Phi) is 2.37. The first-order chi connectivity index (χ1) is 2.94. The Balaban J connectivity index is 4.09. The van der Waals surface area contributed by atoms with Gasteiger partial charge < -0.3 is 0 Å². The van der Waals surface area contributed by atoms with Gasteiger partial charge in [0.05, 0.1) is 0 Å². The van der Waals surface area contributed by atoms with E-state index < -0.39 is 19.0 Å². The fraction of sp³-hybridized carbons (Fsp3) is 1.00. The molecule has 0 aromatic rings. The molecule has 0 aromatic carbocycles. The van der Waals surface area contributed by atoms with Gasteiger partial charge in [-0.1, -0.05) is 0 Å². The first kappa shape index (κ1) is 7.54. The van der Waals surface area contributed by atoms with E-state index in [1.54, 1.807) is 0 Å². The molecule has 4 heteroatoms. The molecule has 0 saturated heterocycles. The molecule has 0 spiro atoms. The molecule has 0 fully saturated rings. The molecule has 0 aromatic heterocycles. The van der Waals surface area contributed by atoms with Gasteiger partial charge in [0.2, 0.25) is 0 Å². The van der Waals surface area contributed by atoms with Crippen LogP contribution in [-0.2, 0) is 21.6 Å². The van der Waals surface area contributed by atoms with E-state index in [1.807, 2.05) is 0 Å². The van der Waals surface area contributed by atoms with Gasteiger partial charge in [-0.05, 0) is 0 Å². The third-order valence-electron chi connectivity index (χ3n) is 0.506. The fourth-order valence-corrected chi connectivity index (χ4v) is 0. The summed E-state index contributed by atoms with van der Waals surface area (Å²) in [5.74, 6) is -0.737. The van der Waals surface area contributed by atoms with Crippen LogP contribution in [0.25, 0.3) is 0 Å². The van der Waals surface area contributed by atoms with Gasteiger partial charge in [-0.2, -0.15) is 0 Å². The van der Waals surface area contributed by atoms with E-state index >= 15 is 0 Å². The second-order valence-electron chi connectivity index (χ2n) is 1.52. The molecular formula is C3H9CoO2P. The van der Waals surface area contributed by atoms with Crippen LogP contribution < -0.4 is 0 Å². The Morgan fingerprint density at radius 3 is 1.57 bits per heavy atom. The second kappa shape index (κ2) is 2.20. The topological polar surface area (TPSA) is 34.1 Å². The van der Waals surface area contributed by atoms with Crippen LogP contribution in [0.3, 0.4) is 0 Å². The number of hydrogen-bond donors (Lipinski definition) is 0. The summed E-state index contributed by atoms with van der Waals surface area (Å²) in [7, 11) is 0. The minimum absolute atomic E-state index is 1.42. The van der Waals surface area contributed by atoms with Crippen molar-refractivity contribution in [1.82, 2.24) is 0 Å². The van der Waals surface area contributed by atoms with Gasteiger partial charge in [0.25, 0.3) is 0 Å². The van der Waals surface area contributed by atoms with E-state index in [2.05, 4.69) is 0 Å². The molecule has 0 aliphatic rings. The Bertz CT molecular complexity index is 125. The van der Waals surface area contributed by atoms with Crippen molar-refractivity contribution in [3.63, 3.8) is 0 Å². The van der Waals surface area contributed by atoms with E-state index in [4.69, 9.17) is 0 Å². The maximum atomic E-state index is 10.6. The van der Waals surface area contributed by atoms with Gasteiger partial charge in [0.15, 0.2) is 0 Å². The van der Waals surface area contributed by atoms with Crippen LogP contribution in [0.4, 0.5) is 0 Å². The van der Waals surface area contributed by atoms with E-state index in [0.717, 1.165) is 0 Å². The van der Waals surface area contributed by atoms with Crippen molar-refractivity contribution in [2.45, 2.75) is 5.86 Å². The zero-order chi connectivity index (χ0) is 6.08. The van der Waals surface area contributed by atoms with E-state index in [-0.39, 0.29) is 0 Å². The zero-order valence-corrected chi connectivity index (χ0v) is 6.53. The Morgan fingerprint density at radius 1 is 1.43 bits per heavy atom. The summed E-state index contributed by atoms with van der Waals surface area (Å²) in [6.45, 7) is 3.06. The Morgan fingerprint density at radius 2 is 1.57 bits per heavy atom. The predicted octanol–water partition coefficient (Wildman–Crippen LogP) is 1.54. The Hall–Kier alpha value is 0.536. The molecule has 0 N–H and O–H groups in total. The summed E-state index contributed by atoms with van der Waals surface area (Å²) >= 11 is -1.42. The molecule has 0 saturated carbocycles. The van der Waals surface area contributed by atoms with Crippen LogP contribution >= 0.6 is 5.87 Å². The third-order valence-corrected chi connectivity index (χ3v) is 6.25. The van der Waals surface area contributed by atoms with Crippen molar-refractivity contribution in [2.75, 3.05) is 13.3 Å². The minimum atomic E-state index is -2.23. The average Bonchev–Trinajstić information content (AvgIpc) is 1.31. The van der Waals surface area contributed by atoms with Crippen LogP contribution in [0.1, 0.15) is 0 Å². The van der Waals surface area contributed by atoms with Gasteiger partial charge in [0.1, 0.15) is 0 Å². The number of rotatable bonds is 1. The molecule has 0 aliphatic carbocycles. The summed E-state index contributed by atoms with van der Waals surface area (Å²) in [5, 5.41) is 0. The van der Waals surface area contributed by atoms with E-state index in [0.29, 0.717) is 0 Å². The third kappa shape index (κ3) is 3.15. The summed E-state index contributed by atoms with van der Waals surface area (Å²) in [5.41, 5.74) is 0. The van der Waals surface area contributed by atoms with Crippen LogP contribution in [0.5, 0.6) is 0 Å². The summed E-state index contributed by atoms with van der Waals surface area (Å²) in [6.07, 6.45) is 0. The van der Waals surface area contributed by atoms with Crippen LogP contribution in [-0.4, -0.2) is 13.3 Å². The summed E-state index contributed by atoms with van der Waals surface area (Å²) in [4.78, 5) is 0. The SMILES string of the molecule is [CH3][Co](=[O])[P](C)(C)=O. The first-order valence-electron chi connectivity index (χ1n) is 1.70. The van der Waals surface area contributed by atoms with Crippen LogP contribution in [0.15, 0.2) is 0 Å². The van der Waals surface area contributed by atoms with E-state index in [1.165, 1.54) is 19.2 Å². The predicted molar refractivity (Wildman–Crippen MR) is 26.0 cm³/mol. The van der Waals surface area contributed by atoms with Crippen LogP contribution in [0, 0.1) is 0 Å². The van der Waals surface area contributed by atoms with E-state index in [9.17, 15) is 8.43 Å². The van der Waals surface area contributed by atoms with Crippen molar-refractivity contribution < 1.29 is 21.6 Å². The summed E-state index contributed by atoms with van der Waals surface area (Å²) < 4.78 is 21.0. The fourth-order valence-electron chi connectivity index (χ4n) is 0. The van der Waals surface area contributed by atoms with Crippen molar-refractivity contribution in [2.24, 2.45) is 0 Å². The average molecular weight is 167 g/mol. The molecule has 0 unspecified atom stereocenters. The molecule has 7 heavy (non-hydrogen) atoms. The Labute approximate surface area is 47.2 Å². The molecule has 0 radical (unpaired) electrons. The molecule has 0 bridgehead atoms. The monoisotopic (exact) mass is 167 g/mol. The quantitative estimate of drug-likeness (QED) is 0.555. The molecule has 47 valence electrons. The normalized spacial score (nSPS) is 13.9. The molecule has 2 nitrogen and oxygen atoms in total. The molecule has 0 amide bonds. The first-order valence-corrected chi connectivity index (χ1v) is 7.01. The molecule has 0 atom stereocenters. The van der Waals surface area contributed by atoms with Crippen molar-refractivity contribution in [1.29, 1.82) is 0 Å². The van der Waals surface area contributed by atoms with Gasteiger partial charge in [-0.15, -0.1) is 0 Å². The van der Waals surface area contributed by atoms with Gasteiger partial charge >= 0.3 is 46.6 Å². The van der Waals surface area contributed by atoms with Crippen molar-refractivity contribution in [3.8, 4) is 0 Å². The van der Waals surface area contributed by atoms with Gasteiger partial charge in [-0.25, -0.2) is 0 Å². The van der Waals surface area contributed by atoms with Crippen molar-refractivity contribution in [3.05, 3.63) is 0 Å². The van der Waals surface area contributed by atoms with Gasteiger partial charge in [0, 0.05) is 0 Å². The zero-order valence-electron chi connectivity index (χ0n) is 4.60. The molecule has 0 aliphatic heterocycles. The number of hydrogen-bond acceptors (Lipinski definition) is 2. The molecular weight excluding hydrogens is 158 g/mol. The second-order valence-corrected chi connectivity index (χ2v) is 10.0. The standard InChI is InChI=1S/C2H6OP.CH3.Co.O/c1-4(2)3;;;/h1-2H3;1H3;;/q+1;;-1;. The molecule has 0 rings (SSSR count).